The van der Waals surface area contributed by atoms with Gasteiger partial charge in [-0.05, 0) is 23.1 Å². The van der Waals surface area contributed by atoms with E-state index >= 15 is 0 Å². The molecule has 0 amide bonds. The summed E-state index contributed by atoms with van der Waals surface area (Å²) in [4.78, 5) is 11.1. The fourth-order valence-corrected chi connectivity index (χ4v) is 2.86. The molecule has 0 aromatic heterocycles. The molecule has 1 aromatic carbocycles. The molecule has 1 N–H and O–H groups in total. The third-order valence-corrected chi connectivity index (χ3v) is 3.98. The highest BCUT2D eigenvalue weighted by Gasteiger charge is 2.62. The van der Waals surface area contributed by atoms with Crippen LogP contribution in [0.3, 0.4) is 0 Å². The zero-order chi connectivity index (χ0) is 15.3. The monoisotopic (exact) mass is 288 g/mol. The Balaban J connectivity index is 2.44. The molecule has 2 rings (SSSR count). The van der Waals surface area contributed by atoms with E-state index in [4.69, 9.17) is 9.84 Å². The molecule has 0 spiro atoms. The molecule has 110 valence electrons. The van der Waals surface area contributed by atoms with Gasteiger partial charge in [0.05, 0.1) is 18.6 Å². The van der Waals surface area contributed by atoms with E-state index in [1.807, 2.05) is 0 Å². The maximum Gasteiger partial charge on any atom is 0.419 e. The van der Waals surface area contributed by atoms with Crippen LogP contribution in [0.4, 0.5) is 13.2 Å². The predicted molar refractivity (Wildman–Crippen MR) is 65.6 cm³/mol. The Morgan fingerprint density at radius 3 is 2.35 bits per heavy atom. The molecular weight excluding hydrogens is 273 g/mol. The lowest BCUT2D eigenvalue weighted by molar-refractivity contribution is -0.139. The Morgan fingerprint density at radius 2 is 1.95 bits per heavy atom. The molecule has 1 saturated carbocycles. The zero-order valence-electron chi connectivity index (χ0n) is 11.3. The number of carbonyl (C=O) groups is 1. The van der Waals surface area contributed by atoms with E-state index in [-0.39, 0.29) is 5.75 Å². The number of benzene rings is 1. The smallest absolute Gasteiger partial charge is 0.419 e. The van der Waals surface area contributed by atoms with Crippen molar-refractivity contribution >= 4 is 5.97 Å². The second-order valence-electron chi connectivity index (χ2n) is 5.57. The van der Waals surface area contributed by atoms with Crippen molar-refractivity contribution in [3.63, 3.8) is 0 Å². The number of aliphatic carboxylic acids is 1. The van der Waals surface area contributed by atoms with Crippen LogP contribution in [0.2, 0.25) is 0 Å². The van der Waals surface area contributed by atoms with Gasteiger partial charge >= 0.3 is 12.1 Å². The Morgan fingerprint density at radius 1 is 1.35 bits per heavy atom. The highest BCUT2D eigenvalue weighted by atomic mass is 19.4. The average molecular weight is 288 g/mol. The van der Waals surface area contributed by atoms with Gasteiger partial charge in [-0.3, -0.25) is 4.79 Å². The Bertz CT molecular complexity index is 549. The van der Waals surface area contributed by atoms with E-state index in [0.717, 1.165) is 6.07 Å². The molecule has 0 unspecified atom stereocenters. The molecule has 6 heteroatoms. The molecule has 1 aromatic rings. The minimum absolute atomic E-state index is 0.258. The third kappa shape index (κ3) is 2.23. The molecule has 0 bridgehead atoms. The van der Waals surface area contributed by atoms with Gasteiger partial charge in [0.15, 0.2) is 0 Å². The summed E-state index contributed by atoms with van der Waals surface area (Å²) in [6.07, 6.45) is -4.53. The van der Waals surface area contributed by atoms with Crippen molar-refractivity contribution in [3.05, 3.63) is 29.3 Å². The number of hydrogen-bond donors (Lipinski definition) is 1. The number of hydrogen-bond acceptors (Lipinski definition) is 2. The quantitative estimate of drug-likeness (QED) is 0.925. The first-order valence-corrected chi connectivity index (χ1v) is 6.08. The van der Waals surface area contributed by atoms with Crippen molar-refractivity contribution in [3.8, 4) is 5.75 Å². The van der Waals surface area contributed by atoms with Gasteiger partial charge in [-0.15, -0.1) is 0 Å². The second-order valence-corrected chi connectivity index (χ2v) is 5.57. The minimum atomic E-state index is -4.53. The summed E-state index contributed by atoms with van der Waals surface area (Å²) in [7, 11) is 1.17. The van der Waals surface area contributed by atoms with Crippen LogP contribution in [0.25, 0.3) is 0 Å². The van der Waals surface area contributed by atoms with E-state index in [1.165, 1.54) is 19.2 Å². The van der Waals surface area contributed by atoms with Crippen LogP contribution in [0.5, 0.6) is 5.75 Å². The van der Waals surface area contributed by atoms with E-state index in [2.05, 4.69) is 0 Å². The average Bonchev–Trinajstić information content (AvgIpc) is 2.90. The minimum Gasteiger partial charge on any atom is -0.496 e. The normalized spacial score (nSPS) is 24.3. The van der Waals surface area contributed by atoms with E-state index < -0.39 is 35.0 Å². The Kier molecular flexibility index (Phi) is 3.23. The Hall–Kier alpha value is -1.72. The molecule has 1 aliphatic carbocycles. The van der Waals surface area contributed by atoms with Crippen LogP contribution in [-0.2, 0) is 11.0 Å². The number of ether oxygens (including phenoxy) is 1. The van der Waals surface area contributed by atoms with Gasteiger partial charge in [-0.25, -0.2) is 0 Å². The first-order chi connectivity index (χ1) is 9.10. The van der Waals surface area contributed by atoms with Crippen molar-refractivity contribution in [2.75, 3.05) is 7.11 Å². The highest BCUT2D eigenvalue weighted by molar-refractivity contribution is 5.77. The molecule has 0 aliphatic heterocycles. The summed E-state index contributed by atoms with van der Waals surface area (Å²) < 4.78 is 43.6. The summed E-state index contributed by atoms with van der Waals surface area (Å²) in [5, 5.41) is 9.10. The fraction of sp³-hybridized carbons (Fsp3) is 0.500. The van der Waals surface area contributed by atoms with Crippen molar-refractivity contribution in [1.82, 2.24) is 0 Å². The second kappa shape index (κ2) is 4.40. The van der Waals surface area contributed by atoms with Crippen LogP contribution in [0.1, 0.15) is 30.9 Å². The topological polar surface area (TPSA) is 46.5 Å². The molecule has 0 saturated heterocycles. The van der Waals surface area contributed by atoms with Gasteiger partial charge < -0.3 is 9.84 Å². The number of rotatable bonds is 3. The molecule has 0 radical (unpaired) electrons. The fourth-order valence-electron chi connectivity index (χ4n) is 2.86. The van der Waals surface area contributed by atoms with Gasteiger partial charge in [0.2, 0.25) is 0 Å². The number of halogens is 3. The van der Waals surface area contributed by atoms with E-state index in [9.17, 15) is 18.0 Å². The predicted octanol–water partition coefficient (Wildman–Crippen LogP) is 3.54. The molecule has 2 atom stereocenters. The van der Waals surface area contributed by atoms with Crippen LogP contribution in [0.15, 0.2) is 18.2 Å². The number of alkyl halides is 3. The third-order valence-electron chi connectivity index (χ3n) is 3.98. The van der Waals surface area contributed by atoms with Crippen LogP contribution >= 0.6 is 0 Å². The first kappa shape index (κ1) is 14.7. The van der Waals surface area contributed by atoms with Gasteiger partial charge in [0, 0.05) is 5.92 Å². The van der Waals surface area contributed by atoms with E-state index in [1.54, 1.807) is 13.8 Å². The van der Waals surface area contributed by atoms with Crippen LogP contribution < -0.4 is 4.74 Å². The number of carboxylic acids is 1. The van der Waals surface area contributed by atoms with Gasteiger partial charge in [-0.1, -0.05) is 19.9 Å². The summed E-state index contributed by atoms with van der Waals surface area (Å²) in [6.45, 7) is 3.49. The van der Waals surface area contributed by atoms with Crippen molar-refractivity contribution < 1.29 is 27.8 Å². The maximum atomic E-state index is 13.0. The largest absolute Gasteiger partial charge is 0.496 e. The first-order valence-electron chi connectivity index (χ1n) is 6.08. The summed E-state index contributed by atoms with van der Waals surface area (Å²) in [6, 6.07) is 3.74. The van der Waals surface area contributed by atoms with Gasteiger partial charge in [0.25, 0.3) is 0 Å². The standard InChI is InChI=1S/C14H15F3O3/c1-13(2)10(11(13)12(18)19)7-4-5-9(20-3)8(6-7)14(15,16)17/h4-6,10-11H,1-3H3,(H,18,19)/t10-,11+/m0/s1. The lowest BCUT2D eigenvalue weighted by atomic mass is 10.0. The highest BCUT2D eigenvalue weighted by Crippen LogP contribution is 2.64. The summed E-state index contributed by atoms with van der Waals surface area (Å²) in [5.74, 6) is -2.31. The molecule has 1 aliphatic rings. The van der Waals surface area contributed by atoms with E-state index in [0.29, 0.717) is 5.56 Å². The van der Waals surface area contributed by atoms with Crippen LogP contribution in [0, 0.1) is 11.3 Å². The number of methoxy groups -OCH3 is 1. The number of carboxylic acid groups (broad SMARTS) is 1. The lowest BCUT2D eigenvalue weighted by Crippen LogP contribution is -2.08. The van der Waals surface area contributed by atoms with Crippen molar-refractivity contribution in [2.45, 2.75) is 25.9 Å². The molecule has 20 heavy (non-hydrogen) atoms. The Labute approximate surface area is 114 Å². The van der Waals surface area contributed by atoms with Crippen LogP contribution in [-0.4, -0.2) is 18.2 Å². The summed E-state index contributed by atoms with van der Waals surface area (Å²) in [5.41, 5.74) is -1.02. The zero-order valence-corrected chi connectivity index (χ0v) is 11.3. The molecular formula is C14H15F3O3. The SMILES string of the molecule is COc1ccc([C@H]2[C@H](C(=O)O)C2(C)C)cc1C(F)(F)F. The lowest BCUT2D eigenvalue weighted by Gasteiger charge is -2.14. The molecule has 0 heterocycles. The van der Waals surface area contributed by atoms with Gasteiger partial charge in [0.1, 0.15) is 5.75 Å². The van der Waals surface area contributed by atoms with Gasteiger partial charge in [-0.2, -0.15) is 13.2 Å². The maximum absolute atomic E-state index is 13.0. The summed E-state index contributed by atoms with van der Waals surface area (Å²) >= 11 is 0. The van der Waals surface area contributed by atoms with Crippen molar-refractivity contribution in [2.24, 2.45) is 11.3 Å². The van der Waals surface area contributed by atoms with Crippen molar-refractivity contribution in [1.29, 1.82) is 0 Å². The molecule has 3 nitrogen and oxygen atoms in total. The molecule has 1 fully saturated rings.